The molecule has 0 spiro atoms. The van der Waals surface area contributed by atoms with E-state index in [0.29, 0.717) is 11.5 Å². The lowest BCUT2D eigenvalue weighted by molar-refractivity contribution is 0.165. The smallest absolute Gasteiger partial charge is 0.365 e. The molecule has 2 atom stereocenters. The third kappa shape index (κ3) is 2.54. The van der Waals surface area contributed by atoms with E-state index >= 15 is 0 Å². The molecular formula is C7H13O4P. The Morgan fingerprint density at radius 2 is 2.50 bits per heavy atom. The fraction of sp³-hybridized carbons (Fsp3) is 0.714. The zero-order chi connectivity index (χ0) is 9.14. The summed E-state index contributed by atoms with van der Waals surface area (Å²) in [7, 11) is -2.88. The Bertz CT molecular complexity index is 223. The van der Waals surface area contributed by atoms with E-state index in [-0.39, 0.29) is 6.10 Å². The average molecular weight is 192 g/mol. The van der Waals surface area contributed by atoms with Gasteiger partial charge >= 0.3 is 8.25 Å². The second-order valence-corrected chi connectivity index (χ2v) is 3.55. The van der Waals surface area contributed by atoms with Crippen molar-refractivity contribution >= 4 is 8.25 Å². The van der Waals surface area contributed by atoms with Crippen molar-refractivity contribution in [2.45, 2.75) is 32.8 Å². The lowest BCUT2D eigenvalue weighted by Crippen LogP contribution is -1.96. The first-order valence-corrected chi connectivity index (χ1v) is 5.13. The predicted molar refractivity (Wildman–Crippen MR) is 44.8 cm³/mol. The first kappa shape index (κ1) is 9.62. The molecule has 5 heteroatoms. The fourth-order valence-electron chi connectivity index (χ4n) is 1.14. The number of hydrogen-bond acceptors (Lipinski definition) is 3. The van der Waals surface area contributed by atoms with Gasteiger partial charge in [0.2, 0.25) is 0 Å². The molecule has 0 amide bonds. The normalized spacial score (nSPS) is 29.4. The van der Waals surface area contributed by atoms with Crippen LogP contribution in [0.5, 0.6) is 0 Å². The zero-order valence-electron chi connectivity index (χ0n) is 7.16. The molecule has 1 N–H and O–H groups in total. The van der Waals surface area contributed by atoms with Gasteiger partial charge in [0.05, 0.1) is 6.10 Å². The van der Waals surface area contributed by atoms with E-state index in [0.717, 1.165) is 12.8 Å². The highest BCUT2D eigenvalue weighted by molar-refractivity contribution is 7.32. The summed E-state index contributed by atoms with van der Waals surface area (Å²) in [4.78, 5) is 8.48. The number of allylic oxidation sites excluding steroid dienone is 2. The Kier molecular flexibility index (Phi) is 3.18. The summed E-state index contributed by atoms with van der Waals surface area (Å²) in [5, 5.41) is 0. The van der Waals surface area contributed by atoms with Crippen LogP contribution in [0, 0.1) is 0 Å². The zero-order valence-corrected chi connectivity index (χ0v) is 8.16. The highest BCUT2D eigenvalue weighted by Gasteiger charge is 2.19. The van der Waals surface area contributed by atoms with Crippen LogP contribution in [0.3, 0.4) is 0 Å². The third-order valence-electron chi connectivity index (χ3n) is 1.75. The average Bonchev–Trinajstić information content (AvgIpc) is 2.34. The molecule has 0 aromatic rings. The predicted octanol–water partition coefficient (Wildman–Crippen LogP) is 1.82. The summed E-state index contributed by atoms with van der Waals surface area (Å²) in [6, 6.07) is 0. The van der Waals surface area contributed by atoms with Crippen molar-refractivity contribution in [3.8, 4) is 0 Å². The van der Waals surface area contributed by atoms with Gasteiger partial charge in [0.25, 0.3) is 0 Å². The summed E-state index contributed by atoms with van der Waals surface area (Å²) in [5.41, 5.74) is 0. The van der Waals surface area contributed by atoms with E-state index in [1.54, 1.807) is 6.92 Å². The van der Waals surface area contributed by atoms with Crippen molar-refractivity contribution in [3.05, 3.63) is 11.5 Å². The van der Waals surface area contributed by atoms with Crippen LogP contribution in [0.2, 0.25) is 0 Å². The van der Waals surface area contributed by atoms with Gasteiger partial charge < -0.3 is 14.2 Å². The summed E-state index contributed by atoms with van der Waals surface area (Å²) < 4.78 is 20.3. The maximum atomic E-state index is 10.3. The first-order chi connectivity index (χ1) is 5.59. The van der Waals surface area contributed by atoms with E-state index in [4.69, 9.17) is 9.63 Å². The Hall–Kier alpha value is -0.470. The van der Waals surface area contributed by atoms with Crippen molar-refractivity contribution in [1.29, 1.82) is 0 Å². The van der Waals surface area contributed by atoms with Crippen molar-refractivity contribution < 1.29 is 18.7 Å². The van der Waals surface area contributed by atoms with Crippen LogP contribution < -0.4 is 0 Å². The minimum absolute atomic E-state index is 0.194. The second-order valence-electron chi connectivity index (χ2n) is 2.81. The van der Waals surface area contributed by atoms with Crippen molar-refractivity contribution in [1.82, 2.24) is 0 Å². The molecular weight excluding hydrogens is 179 g/mol. The van der Waals surface area contributed by atoms with Gasteiger partial charge in [-0.2, -0.15) is 0 Å². The van der Waals surface area contributed by atoms with Gasteiger partial charge in [0.15, 0.2) is 0 Å². The molecule has 0 saturated carbocycles. The maximum absolute atomic E-state index is 10.3. The molecule has 12 heavy (non-hydrogen) atoms. The third-order valence-corrected chi connectivity index (χ3v) is 2.24. The SMILES string of the molecule is C/C(O[PH](=O)O)=C1/CCC(C)O1. The summed E-state index contributed by atoms with van der Waals surface area (Å²) in [6.07, 6.45) is 1.93. The molecule has 70 valence electrons. The maximum Gasteiger partial charge on any atom is 0.365 e. The molecule has 1 fully saturated rings. The quantitative estimate of drug-likeness (QED) is 0.535. The standard InChI is InChI=1S/C7H13O4P/c1-5-3-4-7(10-5)6(2)11-12(8)9/h5,12H,3-4H2,1-2H3,(H,8,9)/b7-6+. The van der Waals surface area contributed by atoms with Crippen LogP contribution in [0.1, 0.15) is 26.7 Å². The van der Waals surface area contributed by atoms with Crippen LogP contribution in [-0.4, -0.2) is 11.0 Å². The van der Waals surface area contributed by atoms with Gasteiger partial charge in [-0.1, -0.05) is 0 Å². The van der Waals surface area contributed by atoms with Crippen LogP contribution >= 0.6 is 8.25 Å². The lowest BCUT2D eigenvalue weighted by atomic mass is 10.2. The van der Waals surface area contributed by atoms with E-state index in [2.05, 4.69) is 4.52 Å². The summed E-state index contributed by atoms with van der Waals surface area (Å²) in [6.45, 7) is 3.61. The second kappa shape index (κ2) is 3.97. The van der Waals surface area contributed by atoms with Gasteiger partial charge in [0, 0.05) is 6.42 Å². The highest BCUT2D eigenvalue weighted by atomic mass is 31.1. The van der Waals surface area contributed by atoms with Gasteiger partial charge in [-0.25, -0.2) is 4.57 Å². The lowest BCUT2D eigenvalue weighted by Gasteiger charge is -2.07. The molecule has 1 saturated heterocycles. The molecule has 4 nitrogen and oxygen atoms in total. The fourth-order valence-corrected chi connectivity index (χ4v) is 1.52. The first-order valence-electron chi connectivity index (χ1n) is 3.86. The molecule has 0 bridgehead atoms. The monoisotopic (exact) mass is 192 g/mol. The van der Waals surface area contributed by atoms with Crippen molar-refractivity contribution in [2.24, 2.45) is 0 Å². The van der Waals surface area contributed by atoms with E-state index in [1.807, 2.05) is 6.92 Å². The minimum Gasteiger partial charge on any atom is -0.492 e. The number of hydrogen-bond donors (Lipinski definition) is 1. The summed E-state index contributed by atoms with van der Waals surface area (Å²) in [5.74, 6) is 1.14. The Morgan fingerprint density at radius 1 is 1.83 bits per heavy atom. The number of ether oxygens (including phenoxy) is 1. The molecule has 1 aliphatic heterocycles. The number of rotatable bonds is 2. The largest absolute Gasteiger partial charge is 0.492 e. The molecule has 0 aromatic heterocycles. The van der Waals surface area contributed by atoms with Crippen LogP contribution in [0.15, 0.2) is 11.5 Å². The Balaban J connectivity index is 2.58. The van der Waals surface area contributed by atoms with E-state index < -0.39 is 8.25 Å². The van der Waals surface area contributed by atoms with Crippen LogP contribution in [0.25, 0.3) is 0 Å². The van der Waals surface area contributed by atoms with Gasteiger partial charge in [-0.3, -0.25) is 0 Å². The summed E-state index contributed by atoms with van der Waals surface area (Å²) >= 11 is 0. The molecule has 1 heterocycles. The van der Waals surface area contributed by atoms with Crippen LogP contribution in [0.4, 0.5) is 0 Å². The molecule has 0 radical (unpaired) electrons. The van der Waals surface area contributed by atoms with Crippen molar-refractivity contribution in [3.63, 3.8) is 0 Å². The van der Waals surface area contributed by atoms with Gasteiger partial charge in [-0.15, -0.1) is 0 Å². The molecule has 1 rings (SSSR count). The molecule has 2 unspecified atom stereocenters. The highest BCUT2D eigenvalue weighted by Crippen LogP contribution is 2.30. The minimum atomic E-state index is -2.88. The van der Waals surface area contributed by atoms with E-state index in [1.165, 1.54) is 0 Å². The van der Waals surface area contributed by atoms with Crippen molar-refractivity contribution in [2.75, 3.05) is 0 Å². The molecule has 1 aliphatic rings. The topological polar surface area (TPSA) is 55.8 Å². The Labute approximate surface area is 72.1 Å². The van der Waals surface area contributed by atoms with Crippen LogP contribution in [-0.2, 0) is 13.8 Å². The Morgan fingerprint density at radius 3 is 2.92 bits per heavy atom. The van der Waals surface area contributed by atoms with E-state index in [9.17, 15) is 4.57 Å². The van der Waals surface area contributed by atoms with Gasteiger partial charge in [-0.05, 0) is 20.3 Å². The molecule has 0 aliphatic carbocycles. The van der Waals surface area contributed by atoms with Gasteiger partial charge in [0.1, 0.15) is 11.5 Å². The molecule has 0 aromatic carbocycles.